The molecule has 0 unspecified atom stereocenters. The van der Waals surface area contributed by atoms with Gasteiger partial charge in [-0.25, -0.2) is 4.79 Å². The Hall–Kier alpha value is -1.95. The quantitative estimate of drug-likeness (QED) is 0.742. The number of halogens is 3. The van der Waals surface area contributed by atoms with E-state index in [1.165, 1.54) is 25.3 Å². The lowest BCUT2D eigenvalue weighted by molar-refractivity contribution is -0.114. The molecule has 0 aromatic heterocycles. The fraction of sp³-hybridized carbons (Fsp3) is 0.125. The van der Waals surface area contributed by atoms with E-state index in [0.29, 0.717) is 26.4 Å². The summed E-state index contributed by atoms with van der Waals surface area (Å²) in [6.07, 6.45) is 0. The molecule has 0 heterocycles. The molecule has 2 rings (SSSR count). The van der Waals surface area contributed by atoms with Crippen LogP contribution in [0.25, 0.3) is 0 Å². The summed E-state index contributed by atoms with van der Waals surface area (Å²) >= 11 is 18.0. The molecular formula is C16H13Cl3N2O3. The molecule has 0 spiro atoms. The number of carbonyl (C=O) groups is 2. The van der Waals surface area contributed by atoms with E-state index in [2.05, 4.69) is 15.4 Å². The number of ether oxygens (including phenoxy) is 1. The number of rotatable bonds is 5. The number of carbonyl (C=O) groups excluding carboxylic acids is 2. The Morgan fingerprint density at radius 3 is 2.50 bits per heavy atom. The number of hydrogen-bond acceptors (Lipinski definition) is 4. The van der Waals surface area contributed by atoms with Crippen molar-refractivity contribution < 1.29 is 14.3 Å². The largest absolute Gasteiger partial charge is 0.465 e. The average molecular weight is 388 g/mol. The van der Waals surface area contributed by atoms with Crippen molar-refractivity contribution in [1.82, 2.24) is 0 Å². The normalized spacial score (nSPS) is 10.2. The molecule has 8 heteroatoms. The molecule has 0 aliphatic carbocycles. The maximum absolute atomic E-state index is 12.1. The first-order valence-corrected chi connectivity index (χ1v) is 7.91. The molecule has 0 saturated heterocycles. The van der Waals surface area contributed by atoms with Gasteiger partial charge in [0.25, 0.3) is 0 Å². The van der Waals surface area contributed by atoms with Crippen molar-refractivity contribution in [3.8, 4) is 0 Å². The molecule has 2 aromatic rings. The minimum atomic E-state index is -0.522. The van der Waals surface area contributed by atoms with Gasteiger partial charge in [0.2, 0.25) is 5.91 Å². The molecule has 0 aliphatic heterocycles. The molecule has 0 atom stereocenters. The van der Waals surface area contributed by atoms with Crippen LogP contribution in [0.2, 0.25) is 15.1 Å². The van der Waals surface area contributed by atoms with E-state index in [9.17, 15) is 9.59 Å². The van der Waals surface area contributed by atoms with Crippen LogP contribution in [-0.4, -0.2) is 25.5 Å². The molecule has 2 N–H and O–H groups in total. The van der Waals surface area contributed by atoms with Crippen LogP contribution < -0.4 is 10.6 Å². The van der Waals surface area contributed by atoms with E-state index in [1.54, 1.807) is 18.2 Å². The van der Waals surface area contributed by atoms with Gasteiger partial charge in [-0.05, 0) is 30.3 Å². The zero-order valence-corrected chi connectivity index (χ0v) is 14.8. The molecule has 126 valence electrons. The van der Waals surface area contributed by atoms with Crippen molar-refractivity contribution in [1.29, 1.82) is 0 Å². The highest BCUT2D eigenvalue weighted by Gasteiger charge is 2.12. The molecule has 0 radical (unpaired) electrons. The monoisotopic (exact) mass is 386 g/mol. The Balaban J connectivity index is 2.04. The maximum Gasteiger partial charge on any atom is 0.337 e. The number of anilines is 2. The first-order chi connectivity index (χ1) is 11.4. The molecule has 1 amide bonds. The summed E-state index contributed by atoms with van der Waals surface area (Å²) in [5.74, 6) is -0.888. The van der Waals surface area contributed by atoms with E-state index < -0.39 is 5.97 Å². The number of hydrogen-bond donors (Lipinski definition) is 2. The first kappa shape index (κ1) is 18.4. The minimum absolute atomic E-state index is 0.0567. The standard InChI is InChI=1S/C16H13Cl3N2O3/c1-24-16(23)9-5-6-10(17)13(7-9)21-14(22)8-20-12-4-2-3-11(18)15(12)19/h2-7,20H,8H2,1H3,(H,21,22). The van der Waals surface area contributed by atoms with Gasteiger partial charge < -0.3 is 15.4 Å². The molecule has 0 bridgehead atoms. The number of nitrogens with one attached hydrogen (secondary N) is 2. The summed E-state index contributed by atoms with van der Waals surface area (Å²) in [4.78, 5) is 23.6. The van der Waals surface area contributed by atoms with Gasteiger partial charge in [-0.1, -0.05) is 40.9 Å². The van der Waals surface area contributed by atoms with Crippen LogP contribution in [0.3, 0.4) is 0 Å². The van der Waals surface area contributed by atoms with Crippen LogP contribution >= 0.6 is 34.8 Å². The molecule has 24 heavy (non-hydrogen) atoms. The molecule has 2 aromatic carbocycles. The Bertz CT molecular complexity index is 781. The van der Waals surface area contributed by atoms with Gasteiger partial charge in [-0.15, -0.1) is 0 Å². The molecular weight excluding hydrogens is 375 g/mol. The molecule has 0 fully saturated rings. The van der Waals surface area contributed by atoms with Crippen LogP contribution in [0.15, 0.2) is 36.4 Å². The van der Waals surface area contributed by atoms with Crippen LogP contribution in [0.1, 0.15) is 10.4 Å². The second-order valence-corrected chi connectivity index (χ2v) is 5.88. The third-order valence-corrected chi connectivity index (χ3v) is 4.20. The van der Waals surface area contributed by atoms with E-state index in [0.717, 1.165) is 0 Å². The fourth-order valence-electron chi connectivity index (χ4n) is 1.88. The summed E-state index contributed by atoms with van der Waals surface area (Å²) in [6.45, 7) is -0.0567. The zero-order chi connectivity index (χ0) is 17.7. The van der Waals surface area contributed by atoms with Gasteiger partial charge in [0, 0.05) is 0 Å². The van der Waals surface area contributed by atoms with Gasteiger partial charge in [-0.2, -0.15) is 0 Å². The first-order valence-electron chi connectivity index (χ1n) is 6.78. The highest BCUT2D eigenvalue weighted by atomic mass is 35.5. The average Bonchev–Trinajstić information content (AvgIpc) is 2.57. The van der Waals surface area contributed by atoms with Crippen molar-refractivity contribution in [2.45, 2.75) is 0 Å². The molecule has 5 nitrogen and oxygen atoms in total. The van der Waals surface area contributed by atoms with Crippen LogP contribution in [0.5, 0.6) is 0 Å². The lowest BCUT2D eigenvalue weighted by atomic mass is 10.2. The van der Waals surface area contributed by atoms with Crippen LogP contribution in [0, 0.1) is 0 Å². The summed E-state index contributed by atoms with van der Waals surface area (Å²) in [7, 11) is 1.27. The maximum atomic E-state index is 12.1. The van der Waals surface area contributed by atoms with Crippen molar-refractivity contribution in [2.24, 2.45) is 0 Å². The Morgan fingerprint density at radius 1 is 1.04 bits per heavy atom. The lowest BCUT2D eigenvalue weighted by Crippen LogP contribution is -2.22. The van der Waals surface area contributed by atoms with E-state index in [4.69, 9.17) is 34.8 Å². The number of methoxy groups -OCH3 is 1. The predicted octanol–water partition coefficient (Wildman–Crippen LogP) is 4.48. The Labute approximate surface area is 153 Å². The van der Waals surface area contributed by atoms with Crippen LogP contribution in [-0.2, 0) is 9.53 Å². The van der Waals surface area contributed by atoms with Crippen molar-refractivity contribution in [2.75, 3.05) is 24.3 Å². The summed E-state index contributed by atoms with van der Waals surface area (Å²) in [5.41, 5.74) is 1.13. The number of amides is 1. The topological polar surface area (TPSA) is 67.4 Å². The van der Waals surface area contributed by atoms with Gasteiger partial charge in [0.1, 0.15) is 0 Å². The summed E-state index contributed by atoms with van der Waals surface area (Å²) in [6, 6.07) is 9.52. The molecule has 0 aliphatic rings. The van der Waals surface area contributed by atoms with Gasteiger partial charge in [0.15, 0.2) is 0 Å². The second kappa shape index (κ2) is 8.24. The minimum Gasteiger partial charge on any atom is -0.465 e. The second-order valence-electron chi connectivity index (χ2n) is 4.69. The van der Waals surface area contributed by atoms with Crippen molar-refractivity contribution >= 4 is 58.1 Å². The van der Waals surface area contributed by atoms with Crippen molar-refractivity contribution in [3.63, 3.8) is 0 Å². The SMILES string of the molecule is COC(=O)c1ccc(Cl)c(NC(=O)CNc2cccc(Cl)c2Cl)c1. The Kier molecular flexibility index (Phi) is 6.31. The van der Waals surface area contributed by atoms with E-state index >= 15 is 0 Å². The van der Waals surface area contributed by atoms with E-state index in [1.807, 2.05) is 0 Å². The Morgan fingerprint density at radius 2 is 1.79 bits per heavy atom. The number of benzene rings is 2. The smallest absolute Gasteiger partial charge is 0.337 e. The van der Waals surface area contributed by atoms with E-state index in [-0.39, 0.29) is 18.0 Å². The van der Waals surface area contributed by atoms with Crippen molar-refractivity contribution in [3.05, 3.63) is 57.0 Å². The van der Waals surface area contributed by atoms with Gasteiger partial charge >= 0.3 is 5.97 Å². The molecule has 0 saturated carbocycles. The third kappa shape index (κ3) is 4.54. The summed E-state index contributed by atoms with van der Waals surface area (Å²) in [5, 5.41) is 6.51. The van der Waals surface area contributed by atoms with Gasteiger partial charge in [0.05, 0.1) is 45.7 Å². The summed E-state index contributed by atoms with van der Waals surface area (Å²) < 4.78 is 4.63. The van der Waals surface area contributed by atoms with Crippen LogP contribution in [0.4, 0.5) is 11.4 Å². The predicted molar refractivity (Wildman–Crippen MR) is 96.4 cm³/mol. The lowest BCUT2D eigenvalue weighted by Gasteiger charge is -2.11. The third-order valence-electron chi connectivity index (χ3n) is 3.05. The fourth-order valence-corrected chi connectivity index (χ4v) is 2.41. The number of esters is 1. The zero-order valence-electron chi connectivity index (χ0n) is 12.5. The highest BCUT2D eigenvalue weighted by Crippen LogP contribution is 2.29. The van der Waals surface area contributed by atoms with Gasteiger partial charge in [-0.3, -0.25) is 4.79 Å². The highest BCUT2D eigenvalue weighted by molar-refractivity contribution is 6.43.